The molecule has 5 heteroatoms. The molecule has 4 atom stereocenters. The largest absolute Gasteiger partial charge is 0.444 e. The standard InChI is InChI=1S/C24H31NO4/c1-24(2,3)29-23(27)25-20(15-18-12-8-5-9-13-18)22-21(28-22)19(16-26)14-17-10-6-4-7-11-17/h4-13,19-22,26H,14-16H2,1-3H3,(H,25,27)/t19-,20+,21-,22-/m1/s1. The molecule has 3 rings (SSSR count). The SMILES string of the molecule is CC(C)(C)OC(=O)N[C@@H](Cc1ccccc1)[C@H]1O[C@@H]1[C@@H](CO)Cc1ccccc1. The van der Waals surface area contributed by atoms with Gasteiger partial charge in [-0.3, -0.25) is 0 Å². The summed E-state index contributed by atoms with van der Waals surface area (Å²) in [6.07, 6.45) is 0.692. The van der Waals surface area contributed by atoms with Crippen molar-refractivity contribution in [2.45, 2.75) is 57.5 Å². The van der Waals surface area contributed by atoms with Gasteiger partial charge in [-0.15, -0.1) is 0 Å². The minimum atomic E-state index is -0.563. The van der Waals surface area contributed by atoms with Gasteiger partial charge in [-0.1, -0.05) is 60.7 Å². The lowest BCUT2D eigenvalue weighted by molar-refractivity contribution is 0.0495. The Kier molecular flexibility index (Phi) is 6.93. The Morgan fingerprint density at radius 1 is 1.00 bits per heavy atom. The molecule has 0 radical (unpaired) electrons. The van der Waals surface area contributed by atoms with Gasteiger partial charge in [0.05, 0.1) is 12.1 Å². The average Bonchev–Trinajstić information content (AvgIpc) is 3.46. The van der Waals surface area contributed by atoms with Gasteiger partial charge in [0.15, 0.2) is 0 Å². The second kappa shape index (κ2) is 9.42. The number of hydrogen-bond acceptors (Lipinski definition) is 4. The van der Waals surface area contributed by atoms with Crippen LogP contribution < -0.4 is 5.32 Å². The molecule has 0 aliphatic carbocycles. The molecule has 1 aliphatic rings. The fourth-order valence-corrected chi connectivity index (χ4v) is 3.62. The summed E-state index contributed by atoms with van der Waals surface area (Å²) < 4.78 is 11.4. The molecule has 0 aromatic heterocycles. The molecule has 5 nitrogen and oxygen atoms in total. The third-order valence-corrected chi connectivity index (χ3v) is 5.00. The normalized spacial score (nSPS) is 20.6. The minimum absolute atomic E-state index is 0.0129. The van der Waals surface area contributed by atoms with Gasteiger partial charge in [-0.25, -0.2) is 4.79 Å². The fourth-order valence-electron chi connectivity index (χ4n) is 3.62. The zero-order valence-corrected chi connectivity index (χ0v) is 17.4. The van der Waals surface area contributed by atoms with Crippen LogP contribution in [-0.2, 0) is 22.3 Å². The van der Waals surface area contributed by atoms with Gasteiger partial charge in [0.25, 0.3) is 0 Å². The maximum Gasteiger partial charge on any atom is 0.407 e. The first-order valence-electron chi connectivity index (χ1n) is 10.2. The second-order valence-electron chi connectivity index (χ2n) is 8.64. The van der Waals surface area contributed by atoms with Crippen LogP contribution in [0.25, 0.3) is 0 Å². The van der Waals surface area contributed by atoms with E-state index in [0.717, 1.165) is 12.0 Å². The van der Waals surface area contributed by atoms with E-state index < -0.39 is 11.7 Å². The van der Waals surface area contributed by atoms with E-state index in [9.17, 15) is 9.90 Å². The monoisotopic (exact) mass is 397 g/mol. The summed E-state index contributed by atoms with van der Waals surface area (Å²) in [7, 11) is 0. The minimum Gasteiger partial charge on any atom is -0.444 e. The number of benzene rings is 2. The van der Waals surface area contributed by atoms with Crippen molar-refractivity contribution < 1.29 is 19.4 Å². The fraction of sp³-hybridized carbons (Fsp3) is 0.458. The number of hydrogen-bond donors (Lipinski definition) is 2. The highest BCUT2D eigenvalue weighted by molar-refractivity contribution is 5.68. The Bertz CT molecular complexity index is 772. The molecule has 156 valence electrons. The Balaban J connectivity index is 1.68. The second-order valence-corrected chi connectivity index (χ2v) is 8.64. The van der Waals surface area contributed by atoms with Gasteiger partial charge in [0.1, 0.15) is 11.7 Å². The van der Waals surface area contributed by atoms with Crippen LogP contribution in [-0.4, -0.2) is 41.7 Å². The number of aliphatic hydroxyl groups excluding tert-OH is 1. The number of carbonyl (C=O) groups excluding carboxylic acids is 1. The zero-order valence-electron chi connectivity index (χ0n) is 17.4. The number of ether oxygens (including phenoxy) is 2. The van der Waals surface area contributed by atoms with Crippen molar-refractivity contribution in [3.63, 3.8) is 0 Å². The Morgan fingerprint density at radius 3 is 2.07 bits per heavy atom. The van der Waals surface area contributed by atoms with E-state index in [-0.39, 0.29) is 30.8 Å². The molecule has 1 aliphatic heterocycles. The molecule has 1 fully saturated rings. The van der Waals surface area contributed by atoms with Crippen LogP contribution in [0.2, 0.25) is 0 Å². The van der Waals surface area contributed by atoms with Crippen LogP contribution in [0.1, 0.15) is 31.9 Å². The predicted molar refractivity (Wildman–Crippen MR) is 113 cm³/mol. The Morgan fingerprint density at radius 2 is 1.55 bits per heavy atom. The molecule has 1 saturated heterocycles. The van der Waals surface area contributed by atoms with Gasteiger partial charge in [-0.05, 0) is 44.7 Å². The summed E-state index contributed by atoms with van der Waals surface area (Å²) >= 11 is 0. The Labute approximate surface area is 173 Å². The number of carbonyl (C=O) groups is 1. The van der Waals surface area contributed by atoms with Crippen molar-refractivity contribution in [2.75, 3.05) is 6.61 Å². The lowest BCUT2D eigenvalue weighted by Gasteiger charge is -2.23. The smallest absolute Gasteiger partial charge is 0.407 e. The summed E-state index contributed by atoms with van der Waals surface area (Å²) in [5.41, 5.74) is 1.72. The van der Waals surface area contributed by atoms with Crippen LogP contribution in [0.15, 0.2) is 60.7 Å². The number of alkyl carbamates (subject to hydrolysis) is 1. The molecule has 1 heterocycles. The van der Waals surface area contributed by atoms with Crippen molar-refractivity contribution in [2.24, 2.45) is 5.92 Å². The van der Waals surface area contributed by atoms with E-state index >= 15 is 0 Å². The van der Waals surface area contributed by atoms with Gasteiger partial charge in [0, 0.05) is 12.5 Å². The van der Waals surface area contributed by atoms with Crippen LogP contribution in [0.3, 0.4) is 0 Å². The molecule has 1 amide bonds. The quantitative estimate of drug-likeness (QED) is 0.666. The summed E-state index contributed by atoms with van der Waals surface area (Å²) in [4.78, 5) is 12.4. The van der Waals surface area contributed by atoms with Crippen LogP contribution in [0.4, 0.5) is 4.79 Å². The molecular formula is C24H31NO4. The molecule has 2 N–H and O–H groups in total. The molecule has 0 spiro atoms. The number of nitrogens with one attached hydrogen (secondary N) is 1. The molecule has 0 unspecified atom stereocenters. The van der Waals surface area contributed by atoms with Crippen molar-refractivity contribution in [3.8, 4) is 0 Å². The lowest BCUT2D eigenvalue weighted by atomic mass is 9.92. The van der Waals surface area contributed by atoms with Gasteiger partial charge >= 0.3 is 6.09 Å². The highest BCUT2D eigenvalue weighted by atomic mass is 16.6. The molecular weight excluding hydrogens is 366 g/mol. The molecule has 0 saturated carbocycles. The van der Waals surface area contributed by atoms with Crippen molar-refractivity contribution >= 4 is 6.09 Å². The molecule has 0 bridgehead atoms. The van der Waals surface area contributed by atoms with Gasteiger partial charge in [-0.2, -0.15) is 0 Å². The Hall–Kier alpha value is -2.37. The summed E-state index contributed by atoms with van der Waals surface area (Å²) in [5, 5.41) is 12.9. The van der Waals surface area contributed by atoms with Crippen molar-refractivity contribution in [3.05, 3.63) is 71.8 Å². The average molecular weight is 398 g/mol. The highest BCUT2D eigenvalue weighted by Gasteiger charge is 2.49. The summed E-state index contributed by atoms with van der Waals surface area (Å²) in [5.74, 6) is -0.0129. The van der Waals surface area contributed by atoms with Crippen LogP contribution >= 0.6 is 0 Å². The van der Waals surface area contributed by atoms with E-state index in [1.807, 2.05) is 69.3 Å². The predicted octanol–water partition coefficient (Wildman–Crippen LogP) is 3.74. The zero-order chi connectivity index (χ0) is 20.9. The summed E-state index contributed by atoms with van der Waals surface area (Å²) in [6, 6.07) is 19.9. The number of epoxide rings is 1. The van der Waals surface area contributed by atoms with Gasteiger partial charge < -0.3 is 19.9 Å². The number of aliphatic hydroxyl groups is 1. The maximum absolute atomic E-state index is 12.4. The highest BCUT2D eigenvalue weighted by Crippen LogP contribution is 2.35. The first-order valence-corrected chi connectivity index (χ1v) is 10.2. The maximum atomic E-state index is 12.4. The lowest BCUT2D eigenvalue weighted by Crippen LogP contribution is -2.44. The number of amides is 1. The van der Waals surface area contributed by atoms with Crippen molar-refractivity contribution in [1.29, 1.82) is 0 Å². The van der Waals surface area contributed by atoms with E-state index in [1.54, 1.807) is 0 Å². The van der Waals surface area contributed by atoms with Crippen molar-refractivity contribution in [1.82, 2.24) is 5.32 Å². The van der Waals surface area contributed by atoms with Crippen LogP contribution in [0, 0.1) is 5.92 Å². The van der Waals surface area contributed by atoms with E-state index in [1.165, 1.54) is 5.56 Å². The van der Waals surface area contributed by atoms with E-state index in [0.29, 0.717) is 6.42 Å². The first kappa shape index (κ1) is 21.3. The topological polar surface area (TPSA) is 71.1 Å². The van der Waals surface area contributed by atoms with E-state index in [2.05, 4.69) is 17.4 Å². The third-order valence-electron chi connectivity index (χ3n) is 5.00. The molecule has 29 heavy (non-hydrogen) atoms. The van der Waals surface area contributed by atoms with Crippen LogP contribution in [0.5, 0.6) is 0 Å². The third kappa shape index (κ3) is 6.58. The van der Waals surface area contributed by atoms with Gasteiger partial charge in [0.2, 0.25) is 0 Å². The first-order chi connectivity index (χ1) is 13.9. The molecule has 2 aromatic carbocycles. The molecule has 2 aromatic rings. The summed E-state index contributed by atoms with van der Waals surface area (Å²) in [6.45, 7) is 5.57. The van der Waals surface area contributed by atoms with E-state index in [4.69, 9.17) is 9.47 Å². The number of rotatable bonds is 8.